The highest BCUT2D eigenvalue weighted by Crippen LogP contribution is 2.19. The third-order valence-corrected chi connectivity index (χ3v) is 3.35. The van der Waals surface area contributed by atoms with Crippen LogP contribution >= 0.6 is 0 Å². The van der Waals surface area contributed by atoms with Crippen LogP contribution in [-0.4, -0.2) is 4.57 Å². The molecule has 3 rings (SSSR count). The van der Waals surface area contributed by atoms with Gasteiger partial charge < -0.3 is 4.57 Å². The molecule has 0 saturated heterocycles. The van der Waals surface area contributed by atoms with Gasteiger partial charge in [0.25, 0.3) is 0 Å². The van der Waals surface area contributed by atoms with E-state index in [0.29, 0.717) is 5.36 Å². The first-order valence-corrected chi connectivity index (χ1v) is 6.65. The predicted octanol–water partition coefficient (Wildman–Crippen LogP) is 4.31. The fraction of sp³-hybridized carbons (Fsp3) is 0.111. The van der Waals surface area contributed by atoms with E-state index >= 15 is 0 Å². The van der Waals surface area contributed by atoms with Gasteiger partial charge in [-0.25, -0.2) is 0 Å². The lowest BCUT2D eigenvalue weighted by atomic mass is 10.1. The molecule has 0 saturated carbocycles. The monoisotopic (exact) mass is 260 g/mol. The van der Waals surface area contributed by atoms with Crippen LogP contribution in [0.3, 0.4) is 0 Å². The molecular weight excluding hydrogens is 244 g/mol. The number of aromatic nitrogens is 1. The number of fused-ring (bicyclic) bond motifs is 2. The van der Waals surface area contributed by atoms with E-state index in [2.05, 4.69) is 10.3 Å². The standard InChI is InChI=1S/C18H16N2/c1-13(2)11-12-20-16-9-5-3-7-14(16)18(19)15-8-4-6-10-17(15)20/h3-10,12,19H,1-2H3. The van der Waals surface area contributed by atoms with Crippen molar-refractivity contribution in [2.24, 2.45) is 0 Å². The molecule has 0 amide bonds. The highest BCUT2D eigenvalue weighted by Gasteiger charge is 2.05. The van der Waals surface area contributed by atoms with Crippen LogP contribution in [-0.2, 0) is 0 Å². The average Bonchev–Trinajstić information content (AvgIpc) is 2.47. The fourth-order valence-corrected chi connectivity index (χ4v) is 2.40. The maximum Gasteiger partial charge on any atom is 0.0726 e. The lowest BCUT2D eigenvalue weighted by Gasteiger charge is -2.11. The van der Waals surface area contributed by atoms with Gasteiger partial charge in [0.1, 0.15) is 0 Å². The van der Waals surface area contributed by atoms with Crippen molar-refractivity contribution in [3.63, 3.8) is 0 Å². The molecule has 0 aliphatic carbocycles. The summed E-state index contributed by atoms with van der Waals surface area (Å²) in [6.07, 6.45) is 1.96. The van der Waals surface area contributed by atoms with Crippen molar-refractivity contribution in [1.82, 2.24) is 4.57 Å². The molecule has 1 heterocycles. The van der Waals surface area contributed by atoms with Crippen LogP contribution in [0.25, 0.3) is 28.0 Å². The molecule has 1 aromatic heterocycles. The molecule has 98 valence electrons. The Morgan fingerprint density at radius 1 is 0.950 bits per heavy atom. The van der Waals surface area contributed by atoms with Gasteiger partial charge >= 0.3 is 0 Å². The Morgan fingerprint density at radius 3 is 1.95 bits per heavy atom. The molecule has 1 N–H and O–H groups in total. The zero-order valence-electron chi connectivity index (χ0n) is 11.6. The largest absolute Gasteiger partial charge is 0.309 e. The second-order valence-corrected chi connectivity index (χ2v) is 5.05. The van der Waals surface area contributed by atoms with E-state index in [1.165, 1.54) is 0 Å². The number of hydrogen-bond donors (Lipinski definition) is 1. The minimum atomic E-state index is 0.582. The summed E-state index contributed by atoms with van der Waals surface area (Å²) in [7, 11) is 0. The topological polar surface area (TPSA) is 28.8 Å². The second kappa shape index (κ2) is 4.84. The molecule has 3 aromatic rings. The minimum absolute atomic E-state index is 0.582. The molecule has 0 radical (unpaired) electrons. The van der Waals surface area contributed by atoms with E-state index in [1.807, 2.05) is 68.6 Å². The van der Waals surface area contributed by atoms with Crippen LogP contribution < -0.4 is 5.36 Å². The fourth-order valence-electron chi connectivity index (χ4n) is 2.40. The number of rotatable bonds is 1. The van der Waals surface area contributed by atoms with Crippen LogP contribution in [0.15, 0.2) is 59.8 Å². The van der Waals surface area contributed by atoms with Crippen molar-refractivity contribution in [3.05, 3.63) is 65.2 Å². The quantitative estimate of drug-likeness (QED) is 0.499. The predicted molar refractivity (Wildman–Crippen MR) is 84.4 cm³/mol. The Bertz CT molecular complexity index is 859. The molecule has 0 aliphatic heterocycles. The molecule has 2 aromatic carbocycles. The van der Waals surface area contributed by atoms with E-state index in [0.717, 1.165) is 27.4 Å². The van der Waals surface area contributed by atoms with Gasteiger partial charge in [-0.1, -0.05) is 36.4 Å². The van der Waals surface area contributed by atoms with Gasteiger partial charge in [-0.15, -0.1) is 5.73 Å². The maximum atomic E-state index is 8.39. The van der Waals surface area contributed by atoms with Crippen molar-refractivity contribution in [2.45, 2.75) is 13.8 Å². The third-order valence-electron chi connectivity index (χ3n) is 3.35. The first kappa shape index (κ1) is 12.5. The van der Waals surface area contributed by atoms with E-state index < -0.39 is 0 Å². The highest BCUT2D eigenvalue weighted by atomic mass is 14.9. The first-order chi connectivity index (χ1) is 9.68. The van der Waals surface area contributed by atoms with Crippen molar-refractivity contribution < 1.29 is 0 Å². The minimum Gasteiger partial charge on any atom is -0.309 e. The number of allylic oxidation sites excluding steroid dienone is 1. The molecule has 0 spiro atoms. The summed E-state index contributed by atoms with van der Waals surface area (Å²) in [5, 5.41) is 10.9. The van der Waals surface area contributed by atoms with Crippen molar-refractivity contribution >= 4 is 28.0 Å². The third kappa shape index (κ3) is 1.97. The van der Waals surface area contributed by atoms with Gasteiger partial charge in [0.15, 0.2) is 0 Å². The van der Waals surface area contributed by atoms with Gasteiger partial charge in [-0.3, -0.25) is 5.41 Å². The van der Waals surface area contributed by atoms with Crippen molar-refractivity contribution in [1.29, 1.82) is 5.41 Å². The van der Waals surface area contributed by atoms with Gasteiger partial charge in [0, 0.05) is 10.8 Å². The van der Waals surface area contributed by atoms with Gasteiger partial charge in [-0.2, -0.15) is 0 Å². The Kier molecular flexibility index (Phi) is 3.02. The van der Waals surface area contributed by atoms with Crippen molar-refractivity contribution in [2.75, 3.05) is 0 Å². The summed E-state index contributed by atoms with van der Waals surface area (Å²) < 4.78 is 2.11. The Labute approximate surface area is 117 Å². The SMILES string of the molecule is CC(C)=C=Cn1c2ccccc2c(=N)c2ccccc21. The maximum absolute atomic E-state index is 8.39. The molecule has 0 atom stereocenters. The van der Waals surface area contributed by atoms with Crippen LogP contribution in [0.4, 0.5) is 0 Å². The lowest BCUT2D eigenvalue weighted by molar-refractivity contribution is 1.23. The number of hydrogen-bond acceptors (Lipinski definition) is 1. The van der Waals surface area contributed by atoms with Crippen molar-refractivity contribution in [3.8, 4) is 0 Å². The first-order valence-electron chi connectivity index (χ1n) is 6.65. The van der Waals surface area contributed by atoms with E-state index in [4.69, 9.17) is 5.41 Å². The van der Waals surface area contributed by atoms with E-state index in [1.54, 1.807) is 0 Å². The Morgan fingerprint density at radius 2 is 1.45 bits per heavy atom. The zero-order valence-corrected chi connectivity index (χ0v) is 11.6. The van der Waals surface area contributed by atoms with Gasteiger partial charge in [0.2, 0.25) is 0 Å². The molecule has 2 heteroatoms. The van der Waals surface area contributed by atoms with E-state index in [9.17, 15) is 0 Å². The number of para-hydroxylation sites is 2. The van der Waals surface area contributed by atoms with Crippen LogP contribution in [0, 0.1) is 5.41 Å². The summed E-state index contributed by atoms with van der Waals surface area (Å²) in [6, 6.07) is 16.0. The van der Waals surface area contributed by atoms with Crippen LogP contribution in [0.5, 0.6) is 0 Å². The summed E-state index contributed by atoms with van der Waals surface area (Å²) in [5.41, 5.74) is 6.45. The number of benzene rings is 2. The highest BCUT2D eigenvalue weighted by molar-refractivity contribution is 5.94. The van der Waals surface area contributed by atoms with Gasteiger partial charge in [-0.05, 0) is 31.6 Å². The molecule has 0 unspecified atom stereocenters. The smallest absolute Gasteiger partial charge is 0.0726 e. The molecule has 0 fully saturated rings. The molecule has 0 bridgehead atoms. The summed E-state index contributed by atoms with van der Waals surface area (Å²) in [6.45, 7) is 4.06. The van der Waals surface area contributed by atoms with E-state index in [-0.39, 0.29) is 0 Å². The summed E-state index contributed by atoms with van der Waals surface area (Å²) >= 11 is 0. The van der Waals surface area contributed by atoms with Crippen LogP contribution in [0.1, 0.15) is 13.8 Å². The van der Waals surface area contributed by atoms with Gasteiger partial charge in [0.05, 0.1) is 22.6 Å². The van der Waals surface area contributed by atoms with Crippen LogP contribution in [0.2, 0.25) is 0 Å². The molecule has 2 nitrogen and oxygen atoms in total. The lowest BCUT2D eigenvalue weighted by Crippen LogP contribution is -2.08. The Balaban J connectivity index is 2.60. The molecular formula is C18H16N2. The average molecular weight is 260 g/mol. The zero-order chi connectivity index (χ0) is 14.1. The number of pyridine rings is 1. The normalized spacial score (nSPS) is 10.5. The summed E-state index contributed by atoms with van der Waals surface area (Å²) in [5.74, 6) is 0. The molecule has 20 heavy (non-hydrogen) atoms. The number of nitrogens with one attached hydrogen (secondary N) is 1. The Hall–Kier alpha value is -2.57. The second-order valence-electron chi connectivity index (χ2n) is 5.05. The summed E-state index contributed by atoms with van der Waals surface area (Å²) in [4.78, 5) is 0. The number of nitrogens with zero attached hydrogens (tertiary/aromatic N) is 1. The molecule has 0 aliphatic rings.